The van der Waals surface area contributed by atoms with Crippen LogP contribution in [0.15, 0.2) is 54.9 Å². The monoisotopic (exact) mass is 331 g/mol. The molecule has 0 bridgehead atoms. The third kappa shape index (κ3) is 3.67. The number of nitriles is 1. The normalized spacial score (nSPS) is 10.1. The highest BCUT2D eigenvalue weighted by molar-refractivity contribution is 5.70. The lowest BCUT2D eigenvalue weighted by molar-refractivity contribution is 0.326. The molecular formula is C19H17N5O. The fourth-order valence-corrected chi connectivity index (χ4v) is 2.39. The minimum atomic E-state index is 0.236. The molecule has 0 atom stereocenters. The molecule has 0 aliphatic heterocycles. The SMILES string of the molecule is CCOc1nc(Nc2ccc(-c3cccnc3)cc2)cc(N)c1C#N. The van der Waals surface area contributed by atoms with Crippen molar-refractivity contribution in [1.82, 2.24) is 9.97 Å². The number of nitrogen functional groups attached to an aromatic ring is 1. The van der Waals surface area contributed by atoms with Gasteiger partial charge in [-0.1, -0.05) is 18.2 Å². The predicted octanol–water partition coefficient (Wildman–Crippen LogP) is 3.74. The molecule has 0 spiro atoms. The zero-order chi connectivity index (χ0) is 17.6. The van der Waals surface area contributed by atoms with Gasteiger partial charge in [0.2, 0.25) is 5.88 Å². The fraction of sp³-hybridized carbons (Fsp3) is 0.105. The van der Waals surface area contributed by atoms with E-state index in [1.807, 2.05) is 55.6 Å². The summed E-state index contributed by atoms with van der Waals surface area (Å²) in [4.78, 5) is 8.45. The number of benzene rings is 1. The molecule has 6 heteroatoms. The Morgan fingerprint density at radius 2 is 2.00 bits per heavy atom. The average molecular weight is 331 g/mol. The standard InChI is InChI=1S/C19H17N5O/c1-2-25-19-16(11-20)17(21)10-18(24-19)23-15-7-5-13(6-8-15)14-4-3-9-22-12-14/h3-10,12H,2H2,1H3,(H3,21,23,24). The van der Waals surface area contributed by atoms with Crippen molar-refractivity contribution in [3.63, 3.8) is 0 Å². The summed E-state index contributed by atoms with van der Waals surface area (Å²) in [6.07, 6.45) is 3.57. The highest BCUT2D eigenvalue weighted by Crippen LogP contribution is 2.27. The van der Waals surface area contributed by atoms with Crippen LogP contribution in [0.25, 0.3) is 11.1 Å². The molecule has 124 valence electrons. The minimum Gasteiger partial charge on any atom is -0.477 e. The second kappa shape index (κ2) is 7.32. The number of nitrogens with two attached hydrogens (primary N) is 1. The molecule has 0 amide bonds. The van der Waals surface area contributed by atoms with Crippen molar-refractivity contribution in [2.75, 3.05) is 17.7 Å². The van der Waals surface area contributed by atoms with Crippen molar-refractivity contribution in [2.24, 2.45) is 0 Å². The van der Waals surface area contributed by atoms with E-state index in [9.17, 15) is 0 Å². The zero-order valence-electron chi connectivity index (χ0n) is 13.7. The van der Waals surface area contributed by atoms with Crippen molar-refractivity contribution in [3.05, 3.63) is 60.4 Å². The number of aromatic nitrogens is 2. The third-order valence-electron chi connectivity index (χ3n) is 3.56. The second-order valence-electron chi connectivity index (χ2n) is 5.27. The molecule has 0 unspecified atom stereocenters. The number of hydrogen-bond acceptors (Lipinski definition) is 6. The van der Waals surface area contributed by atoms with Gasteiger partial charge < -0.3 is 15.8 Å². The predicted molar refractivity (Wildman–Crippen MR) is 97.5 cm³/mol. The van der Waals surface area contributed by atoms with Crippen LogP contribution in [0.3, 0.4) is 0 Å². The molecule has 0 radical (unpaired) electrons. The zero-order valence-corrected chi connectivity index (χ0v) is 13.7. The van der Waals surface area contributed by atoms with E-state index < -0.39 is 0 Å². The molecule has 3 aromatic rings. The van der Waals surface area contributed by atoms with Gasteiger partial charge in [0.25, 0.3) is 0 Å². The van der Waals surface area contributed by atoms with Gasteiger partial charge in [0.1, 0.15) is 17.5 Å². The summed E-state index contributed by atoms with van der Waals surface area (Å²) < 4.78 is 5.40. The van der Waals surface area contributed by atoms with Gasteiger partial charge in [-0.25, -0.2) is 0 Å². The number of anilines is 3. The molecule has 6 nitrogen and oxygen atoms in total. The van der Waals surface area contributed by atoms with Crippen LogP contribution in [-0.4, -0.2) is 16.6 Å². The summed E-state index contributed by atoms with van der Waals surface area (Å²) >= 11 is 0. The highest BCUT2D eigenvalue weighted by atomic mass is 16.5. The quantitative estimate of drug-likeness (QED) is 0.739. The molecule has 0 saturated heterocycles. The van der Waals surface area contributed by atoms with Gasteiger partial charge >= 0.3 is 0 Å². The first-order valence-electron chi connectivity index (χ1n) is 7.82. The summed E-state index contributed by atoms with van der Waals surface area (Å²) in [7, 11) is 0. The van der Waals surface area contributed by atoms with Crippen LogP contribution in [0.4, 0.5) is 17.2 Å². The Morgan fingerprint density at radius 3 is 2.64 bits per heavy atom. The van der Waals surface area contributed by atoms with Crippen LogP contribution in [0.5, 0.6) is 5.88 Å². The molecule has 0 saturated carbocycles. The van der Waals surface area contributed by atoms with Gasteiger partial charge in [-0.05, 0) is 36.2 Å². The van der Waals surface area contributed by atoms with E-state index in [4.69, 9.17) is 15.7 Å². The maximum absolute atomic E-state index is 9.17. The van der Waals surface area contributed by atoms with Crippen molar-refractivity contribution >= 4 is 17.2 Å². The lowest BCUT2D eigenvalue weighted by Gasteiger charge is -2.11. The number of nitrogens with zero attached hydrogens (tertiary/aromatic N) is 3. The Bertz CT molecular complexity index is 902. The molecule has 25 heavy (non-hydrogen) atoms. The summed E-state index contributed by atoms with van der Waals surface area (Å²) in [6, 6.07) is 15.4. The topological polar surface area (TPSA) is 96.8 Å². The largest absolute Gasteiger partial charge is 0.477 e. The molecule has 1 aromatic carbocycles. The first-order chi connectivity index (χ1) is 12.2. The molecule has 0 aliphatic rings. The molecular weight excluding hydrogens is 314 g/mol. The van der Waals surface area contributed by atoms with Crippen LogP contribution in [0.2, 0.25) is 0 Å². The van der Waals surface area contributed by atoms with Gasteiger partial charge in [0.05, 0.1) is 12.3 Å². The minimum absolute atomic E-state index is 0.236. The lowest BCUT2D eigenvalue weighted by atomic mass is 10.1. The summed E-state index contributed by atoms with van der Waals surface area (Å²) in [5.41, 5.74) is 9.48. The van der Waals surface area contributed by atoms with Crippen molar-refractivity contribution < 1.29 is 4.74 Å². The summed E-state index contributed by atoms with van der Waals surface area (Å²) in [6.45, 7) is 2.24. The average Bonchev–Trinajstić information content (AvgIpc) is 2.63. The van der Waals surface area contributed by atoms with Crippen LogP contribution in [0.1, 0.15) is 12.5 Å². The van der Waals surface area contributed by atoms with Gasteiger partial charge in [-0.15, -0.1) is 0 Å². The number of hydrogen-bond donors (Lipinski definition) is 2. The van der Waals surface area contributed by atoms with Gasteiger partial charge in [0.15, 0.2) is 0 Å². The molecule has 2 heterocycles. The van der Waals surface area contributed by atoms with Gasteiger partial charge in [-0.2, -0.15) is 10.2 Å². The number of nitrogens with one attached hydrogen (secondary N) is 1. The van der Waals surface area contributed by atoms with Crippen molar-refractivity contribution in [3.8, 4) is 23.1 Å². The van der Waals surface area contributed by atoms with Crippen LogP contribution < -0.4 is 15.8 Å². The van der Waals surface area contributed by atoms with Crippen molar-refractivity contribution in [2.45, 2.75) is 6.92 Å². The maximum Gasteiger partial charge on any atom is 0.235 e. The van der Waals surface area contributed by atoms with E-state index in [-0.39, 0.29) is 11.4 Å². The van der Waals surface area contributed by atoms with E-state index in [1.165, 1.54) is 0 Å². The molecule has 3 N–H and O–H groups in total. The summed E-state index contributed by atoms with van der Waals surface area (Å²) in [5.74, 6) is 0.758. The molecule has 2 aromatic heterocycles. The Balaban J connectivity index is 1.84. The Hall–Kier alpha value is -3.59. The van der Waals surface area contributed by atoms with E-state index in [0.29, 0.717) is 18.1 Å². The smallest absolute Gasteiger partial charge is 0.235 e. The molecule has 3 rings (SSSR count). The fourth-order valence-electron chi connectivity index (χ4n) is 2.39. The number of ether oxygens (including phenoxy) is 1. The summed E-state index contributed by atoms with van der Waals surface area (Å²) in [5, 5.41) is 12.3. The Morgan fingerprint density at radius 1 is 1.20 bits per heavy atom. The maximum atomic E-state index is 9.17. The van der Waals surface area contributed by atoms with Crippen LogP contribution in [-0.2, 0) is 0 Å². The molecule has 0 fully saturated rings. The first-order valence-corrected chi connectivity index (χ1v) is 7.82. The lowest BCUT2D eigenvalue weighted by Crippen LogP contribution is -2.04. The third-order valence-corrected chi connectivity index (χ3v) is 3.56. The van der Waals surface area contributed by atoms with Crippen LogP contribution >= 0.6 is 0 Å². The van der Waals surface area contributed by atoms with Crippen LogP contribution in [0, 0.1) is 11.3 Å². The Labute approximate surface area is 145 Å². The molecule has 0 aliphatic carbocycles. The first kappa shape index (κ1) is 16.3. The van der Waals surface area contributed by atoms with E-state index in [2.05, 4.69) is 15.3 Å². The highest BCUT2D eigenvalue weighted by Gasteiger charge is 2.12. The Kier molecular flexibility index (Phi) is 4.77. The second-order valence-corrected chi connectivity index (χ2v) is 5.27. The van der Waals surface area contributed by atoms with E-state index in [1.54, 1.807) is 12.3 Å². The number of rotatable bonds is 5. The van der Waals surface area contributed by atoms with Gasteiger partial charge in [-0.3, -0.25) is 4.98 Å². The van der Waals surface area contributed by atoms with E-state index in [0.717, 1.165) is 16.8 Å². The number of pyridine rings is 2. The van der Waals surface area contributed by atoms with Gasteiger partial charge in [0, 0.05) is 24.1 Å². The van der Waals surface area contributed by atoms with Crippen molar-refractivity contribution in [1.29, 1.82) is 5.26 Å². The van der Waals surface area contributed by atoms with E-state index >= 15 is 0 Å².